The fourth-order valence-corrected chi connectivity index (χ4v) is 1.77. The maximum absolute atomic E-state index is 12.8. The number of nitrogens with two attached hydrogens (primary N) is 1. The zero-order chi connectivity index (χ0) is 13.1. The summed E-state index contributed by atoms with van der Waals surface area (Å²) >= 11 is 0. The number of aromatic hydroxyl groups is 1. The molecule has 0 spiro atoms. The fourth-order valence-electron chi connectivity index (χ4n) is 1.77. The van der Waals surface area contributed by atoms with Crippen LogP contribution in [0.1, 0.15) is 5.56 Å². The second-order valence-corrected chi connectivity index (χ2v) is 4.22. The van der Waals surface area contributed by atoms with Crippen LogP contribution in [0.25, 0.3) is 0 Å². The normalized spacial score (nSPS) is 10.3. The average Bonchev–Trinajstić information content (AvgIpc) is 2.34. The van der Waals surface area contributed by atoms with Crippen molar-refractivity contribution in [2.75, 3.05) is 17.7 Å². The fraction of sp³-hybridized carbons (Fsp3) is 0.143. The molecule has 0 atom stereocenters. The van der Waals surface area contributed by atoms with Crippen LogP contribution in [0.3, 0.4) is 0 Å². The summed E-state index contributed by atoms with van der Waals surface area (Å²) in [5, 5.41) is 9.73. The van der Waals surface area contributed by atoms with Gasteiger partial charge in [-0.25, -0.2) is 4.39 Å². The zero-order valence-corrected chi connectivity index (χ0v) is 10.1. The first-order valence-electron chi connectivity index (χ1n) is 5.60. The van der Waals surface area contributed by atoms with E-state index in [9.17, 15) is 9.50 Å². The smallest absolute Gasteiger partial charge is 0.123 e. The van der Waals surface area contributed by atoms with Gasteiger partial charge in [0.25, 0.3) is 0 Å². The van der Waals surface area contributed by atoms with E-state index >= 15 is 0 Å². The maximum atomic E-state index is 12.8. The Hall–Kier alpha value is -2.23. The Morgan fingerprint density at radius 1 is 1.17 bits per heavy atom. The minimum absolute atomic E-state index is 0.207. The Labute approximate surface area is 105 Å². The molecule has 2 aromatic carbocycles. The maximum Gasteiger partial charge on any atom is 0.123 e. The van der Waals surface area contributed by atoms with E-state index in [0.29, 0.717) is 12.2 Å². The van der Waals surface area contributed by atoms with Gasteiger partial charge < -0.3 is 15.7 Å². The molecular formula is C14H15FN2O. The lowest BCUT2D eigenvalue weighted by Gasteiger charge is -2.20. The highest BCUT2D eigenvalue weighted by molar-refractivity contribution is 5.51. The molecule has 0 saturated carbocycles. The van der Waals surface area contributed by atoms with E-state index in [1.54, 1.807) is 30.3 Å². The van der Waals surface area contributed by atoms with Gasteiger partial charge in [0, 0.05) is 30.5 Å². The van der Waals surface area contributed by atoms with E-state index in [4.69, 9.17) is 5.73 Å². The molecule has 0 amide bonds. The third-order valence-corrected chi connectivity index (χ3v) is 2.78. The van der Waals surface area contributed by atoms with Crippen molar-refractivity contribution >= 4 is 11.4 Å². The Morgan fingerprint density at radius 2 is 1.83 bits per heavy atom. The summed E-state index contributed by atoms with van der Waals surface area (Å²) in [5.41, 5.74) is 7.90. The average molecular weight is 246 g/mol. The molecular weight excluding hydrogens is 231 g/mol. The van der Waals surface area contributed by atoms with Crippen LogP contribution in [0.4, 0.5) is 15.8 Å². The Morgan fingerprint density at radius 3 is 2.50 bits per heavy atom. The van der Waals surface area contributed by atoms with Crippen LogP contribution in [0.5, 0.6) is 5.75 Å². The molecule has 18 heavy (non-hydrogen) atoms. The second-order valence-electron chi connectivity index (χ2n) is 4.22. The lowest BCUT2D eigenvalue weighted by atomic mass is 10.1. The molecule has 3 N–H and O–H groups in total. The molecule has 2 aromatic rings. The predicted molar refractivity (Wildman–Crippen MR) is 71.0 cm³/mol. The third kappa shape index (κ3) is 2.71. The highest BCUT2D eigenvalue weighted by atomic mass is 19.1. The van der Waals surface area contributed by atoms with Crippen LogP contribution in [-0.2, 0) is 6.54 Å². The second kappa shape index (κ2) is 4.96. The molecule has 0 aliphatic heterocycles. The molecule has 0 unspecified atom stereocenters. The van der Waals surface area contributed by atoms with E-state index in [0.717, 1.165) is 11.3 Å². The van der Waals surface area contributed by atoms with Crippen molar-refractivity contribution in [3.63, 3.8) is 0 Å². The first-order valence-corrected chi connectivity index (χ1v) is 5.60. The molecule has 0 aliphatic carbocycles. The van der Waals surface area contributed by atoms with Gasteiger partial charge in [-0.05, 0) is 42.5 Å². The molecule has 0 bridgehead atoms. The van der Waals surface area contributed by atoms with Gasteiger partial charge in [0.2, 0.25) is 0 Å². The van der Waals surface area contributed by atoms with Gasteiger partial charge in [-0.3, -0.25) is 0 Å². The van der Waals surface area contributed by atoms with Crippen molar-refractivity contribution in [2.45, 2.75) is 6.54 Å². The predicted octanol–water partition coefficient (Wildman–Crippen LogP) is 2.75. The molecule has 0 aliphatic rings. The van der Waals surface area contributed by atoms with Crippen LogP contribution in [0.2, 0.25) is 0 Å². The van der Waals surface area contributed by atoms with Crippen molar-refractivity contribution in [2.24, 2.45) is 0 Å². The third-order valence-electron chi connectivity index (χ3n) is 2.78. The van der Waals surface area contributed by atoms with E-state index < -0.39 is 0 Å². The highest BCUT2D eigenvalue weighted by Crippen LogP contribution is 2.23. The Kier molecular flexibility index (Phi) is 3.37. The molecule has 2 rings (SSSR count). The van der Waals surface area contributed by atoms with Gasteiger partial charge >= 0.3 is 0 Å². The molecule has 0 fully saturated rings. The number of nitrogen functional groups attached to an aromatic ring is 1. The summed E-state index contributed by atoms with van der Waals surface area (Å²) in [5.74, 6) is -0.0582. The number of phenolic OH excluding ortho intramolecular Hbond substituents is 1. The van der Waals surface area contributed by atoms with Crippen LogP contribution in [-0.4, -0.2) is 12.2 Å². The minimum Gasteiger partial charge on any atom is -0.508 e. The van der Waals surface area contributed by atoms with Gasteiger partial charge in [-0.15, -0.1) is 0 Å². The van der Waals surface area contributed by atoms with Gasteiger partial charge in [0.15, 0.2) is 0 Å². The molecule has 0 saturated heterocycles. The van der Waals surface area contributed by atoms with Crippen molar-refractivity contribution < 1.29 is 9.50 Å². The molecule has 94 valence electrons. The van der Waals surface area contributed by atoms with Crippen LogP contribution in [0, 0.1) is 5.82 Å². The lowest BCUT2D eigenvalue weighted by Crippen LogP contribution is -2.16. The molecule has 3 nitrogen and oxygen atoms in total. The summed E-state index contributed by atoms with van der Waals surface area (Å²) < 4.78 is 12.8. The largest absolute Gasteiger partial charge is 0.508 e. The molecule has 0 heterocycles. The SMILES string of the molecule is CN(Cc1cc(N)ccc1O)c1ccc(F)cc1. The van der Waals surface area contributed by atoms with Crippen molar-refractivity contribution in [1.29, 1.82) is 0 Å². The number of nitrogens with zero attached hydrogens (tertiary/aromatic N) is 1. The van der Waals surface area contributed by atoms with Crippen LogP contribution < -0.4 is 10.6 Å². The Balaban J connectivity index is 2.18. The summed E-state index contributed by atoms with van der Waals surface area (Å²) in [6.07, 6.45) is 0. The number of phenols is 1. The van der Waals surface area contributed by atoms with Gasteiger partial charge in [0.05, 0.1) is 0 Å². The van der Waals surface area contributed by atoms with Crippen LogP contribution >= 0.6 is 0 Å². The lowest BCUT2D eigenvalue weighted by molar-refractivity contribution is 0.468. The van der Waals surface area contributed by atoms with Crippen LogP contribution in [0.15, 0.2) is 42.5 Å². The highest BCUT2D eigenvalue weighted by Gasteiger charge is 2.06. The van der Waals surface area contributed by atoms with E-state index in [1.807, 2.05) is 11.9 Å². The minimum atomic E-state index is -0.265. The number of anilines is 2. The standard InChI is InChI=1S/C14H15FN2O/c1-17(13-5-2-11(15)3-6-13)9-10-8-12(16)4-7-14(10)18/h2-8,18H,9,16H2,1H3. The summed E-state index contributed by atoms with van der Waals surface area (Å²) in [4.78, 5) is 1.91. The topological polar surface area (TPSA) is 49.5 Å². The van der Waals surface area contributed by atoms with Crippen molar-refractivity contribution in [3.8, 4) is 5.75 Å². The first-order chi connectivity index (χ1) is 8.56. The number of hydrogen-bond donors (Lipinski definition) is 2. The Bertz CT molecular complexity index is 540. The number of hydrogen-bond acceptors (Lipinski definition) is 3. The molecule has 0 aromatic heterocycles. The molecule has 4 heteroatoms. The van der Waals surface area contributed by atoms with E-state index in [1.165, 1.54) is 12.1 Å². The number of rotatable bonds is 3. The zero-order valence-electron chi connectivity index (χ0n) is 10.1. The van der Waals surface area contributed by atoms with Gasteiger partial charge in [0.1, 0.15) is 11.6 Å². The monoisotopic (exact) mass is 246 g/mol. The summed E-state index contributed by atoms with van der Waals surface area (Å²) in [6, 6.07) is 11.2. The summed E-state index contributed by atoms with van der Waals surface area (Å²) in [6.45, 7) is 0.502. The van der Waals surface area contributed by atoms with Gasteiger partial charge in [-0.1, -0.05) is 0 Å². The van der Waals surface area contributed by atoms with E-state index in [2.05, 4.69) is 0 Å². The molecule has 0 radical (unpaired) electrons. The first kappa shape index (κ1) is 12.2. The van der Waals surface area contributed by atoms with Crippen molar-refractivity contribution in [3.05, 3.63) is 53.8 Å². The van der Waals surface area contributed by atoms with Gasteiger partial charge in [-0.2, -0.15) is 0 Å². The summed E-state index contributed by atoms with van der Waals surface area (Å²) in [7, 11) is 1.87. The van der Waals surface area contributed by atoms with E-state index in [-0.39, 0.29) is 11.6 Å². The number of halogens is 1. The van der Waals surface area contributed by atoms with Crippen molar-refractivity contribution in [1.82, 2.24) is 0 Å². The number of benzene rings is 2. The quantitative estimate of drug-likeness (QED) is 0.646.